The maximum atomic E-state index is 11.5. The van der Waals surface area contributed by atoms with Crippen molar-refractivity contribution in [2.24, 2.45) is 5.18 Å². The van der Waals surface area contributed by atoms with Crippen LogP contribution in [0.15, 0.2) is 29.4 Å². The molecule has 0 saturated carbocycles. The van der Waals surface area contributed by atoms with Crippen LogP contribution >= 0.6 is 0 Å². The number of nitroso groups, excluding NO2 is 1. The lowest BCUT2D eigenvalue weighted by Crippen LogP contribution is -2.26. The Balaban J connectivity index is 2.16. The number of hydrogen-bond acceptors (Lipinski definition) is 6. The van der Waals surface area contributed by atoms with E-state index < -0.39 is 6.09 Å². The van der Waals surface area contributed by atoms with E-state index in [1.54, 1.807) is 24.3 Å². The molecular weight excluding hydrogens is 288 g/mol. The van der Waals surface area contributed by atoms with Crippen LogP contribution in [0.5, 0.6) is 0 Å². The molecule has 120 valence electrons. The van der Waals surface area contributed by atoms with Crippen LogP contribution in [-0.4, -0.2) is 25.2 Å². The number of carbonyl (C=O) groups is 2. The fraction of sp³-hybridized carbons (Fsp3) is 0.467. The van der Waals surface area contributed by atoms with Crippen molar-refractivity contribution < 1.29 is 19.1 Å². The van der Waals surface area contributed by atoms with E-state index in [-0.39, 0.29) is 24.9 Å². The largest absolute Gasteiger partial charge is 0.466 e. The number of alkyl carbamates (subject to hydrolysis) is 1. The summed E-state index contributed by atoms with van der Waals surface area (Å²) < 4.78 is 9.93. The summed E-state index contributed by atoms with van der Waals surface area (Å²) in [6.07, 6.45) is 1.07. The Labute approximate surface area is 129 Å². The van der Waals surface area contributed by atoms with Gasteiger partial charge in [0, 0.05) is 18.5 Å². The summed E-state index contributed by atoms with van der Waals surface area (Å²) in [7, 11) is 0. The molecule has 1 N–H and O–H groups in total. The molecule has 0 heterocycles. The number of benzene rings is 1. The Kier molecular flexibility index (Phi) is 8.25. The zero-order valence-electron chi connectivity index (χ0n) is 12.5. The first kappa shape index (κ1) is 17.6. The van der Waals surface area contributed by atoms with Crippen molar-refractivity contribution in [1.82, 2.24) is 5.32 Å². The van der Waals surface area contributed by atoms with Crippen molar-refractivity contribution in [1.29, 1.82) is 0 Å². The van der Waals surface area contributed by atoms with Crippen LogP contribution in [0.2, 0.25) is 0 Å². The van der Waals surface area contributed by atoms with Crippen molar-refractivity contribution in [3.8, 4) is 0 Å². The monoisotopic (exact) mass is 308 g/mol. The minimum atomic E-state index is -0.597. The second kappa shape index (κ2) is 10.3. The number of amides is 1. The number of rotatable bonds is 9. The molecule has 0 radical (unpaired) electrons. The minimum Gasteiger partial charge on any atom is -0.466 e. The van der Waals surface area contributed by atoms with E-state index in [0.717, 1.165) is 6.42 Å². The second-order valence-corrected chi connectivity index (χ2v) is 4.55. The van der Waals surface area contributed by atoms with Gasteiger partial charge in [-0.25, -0.2) is 4.79 Å². The maximum absolute atomic E-state index is 11.5. The van der Waals surface area contributed by atoms with Gasteiger partial charge in [-0.3, -0.25) is 4.79 Å². The Bertz CT molecular complexity index is 504. The Morgan fingerprint density at radius 2 is 2.00 bits per heavy atom. The molecule has 1 amide bonds. The molecule has 0 saturated heterocycles. The predicted molar refractivity (Wildman–Crippen MR) is 80.6 cm³/mol. The standard InChI is InChI=1S/C15H20N2O5/c1-2-6-14(18)21-10-5-9-16-15(19)22-11-12-7-3-4-8-13(12)17-20/h3-4,7-8H,2,5-6,9-11H2,1H3,(H,16,19). The molecule has 0 aromatic heterocycles. The predicted octanol–water partition coefficient (Wildman–Crippen LogP) is 3.04. The highest BCUT2D eigenvalue weighted by atomic mass is 16.5. The van der Waals surface area contributed by atoms with Crippen LogP contribution in [0.1, 0.15) is 31.7 Å². The second-order valence-electron chi connectivity index (χ2n) is 4.55. The quantitative estimate of drug-likeness (QED) is 0.430. The van der Waals surface area contributed by atoms with Crippen LogP contribution in [0.3, 0.4) is 0 Å². The molecule has 0 spiro atoms. The molecule has 1 aromatic rings. The molecule has 0 aliphatic heterocycles. The first-order valence-electron chi connectivity index (χ1n) is 7.15. The molecule has 0 aliphatic rings. The lowest BCUT2D eigenvalue weighted by atomic mass is 10.2. The zero-order chi connectivity index (χ0) is 16.2. The first-order valence-corrected chi connectivity index (χ1v) is 7.15. The summed E-state index contributed by atoms with van der Waals surface area (Å²) in [6.45, 7) is 2.47. The number of hydrogen-bond donors (Lipinski definition) is 1. The van der Waals surface area contributed by atoms with E-state index in [2.05, 4.69) is 10.5 Å². The summed E-state index contributed by atoms with van der Waals surface area (Å²) in [6, 6.07) is 6.63. The van der Waals surface area contributed by atoms with Crippen molar-refractivity contribution in [3.05, 3.63) is 34.7 Å². The number of nitrogens with zero attached hydrogens (tertiary/aromatic N) is 1. The van der Waals surface area contributed by atoms with E-state index in [1.807, 2.05) is 6.92 Å². The first-order chi connectivity index (χ1) is 10.7. The molecule has 0 fully saturated rings. The Morgan fingerprint density at radius 1 is 1.23 bits per heavy atom. The summed E-state index contributed by atoms with van der Waals surface area (Å²) >= 11 is 0. The lowest BCUT2D eigenvalue weighted by Gasteiger charge is -2.08. The summed E-state index contributed by atoms with van der Waals surface area (Å²) in [5.74, 6) is -0.233. The highest BCUT2D eigenvalue weighted by molar-refractivity contribution is 5.69. The fourth-order valence-electron chi connectivity index (χ4n) is 1.64. The van der Waals surface area contributed by atoms with Gasteiger partial charge in [0.1, 0.15) is 12.3 Å². The number of nitrogens with one attached hydrogen (secondary N) is 1. The number of carbonyl (C=O) groups excluding carboxylic acids is 2. The highest BCUT2D eigenvalue weighted by Crippen LogP contribution is 2.18. The average Bonchev–Trinajstić information content (AvgIpc) is 2.53. The van der Waals surface area contributed by atoms with Crippen molar-refractivity contribution in [2.45, 2.75) is 32.8 Å². The Morgan fingerprint density at radius 3 is 2.73 bits per heavy atom. The van der Waals surface area contributed by atoms with E-state index in [4.69, 9.17) is 9.47 Å². The maximum Gasteiger partial charge on any atom is 0.407 e. The molecule has 0 atom stereocenters. The molecule has 0 bridgehead atoms. The third-order valence-electron chi connectivity index (χ3n) is 2.76. The third-order valence-corrected chi connectivity index (χ3v) is 2.76. The fourth-order valence-corrected chi connectivity index (χ4v) is 1.64. The van der Waals surface area contributed by atoms with E-state index in [0.29, 0.717) is 24.9 Å². The number of esters is 1. The van der Waals surface area contributed by atoms with Gasteiger partial charge in [0.15, 0.2) is 0 Å². The van der Waals surface area contributed by atoms with Crippen LogP contribution in [-0.2, 0) is 20.9 Å². The summed E-state index contributed by atoms with van der Waals surface area (Å²) in [4.78, 5) is 33.1. The van der Waals surface area contributed by atoms with Crippen molar-refractivity contribution in [2.75, 3.05) is 13.2 Å². The lowest BCUT2D eigenvalue weighted by molar-refractivity contribution is -0.143. The van der Waals surface area contributed by atoms with Gasteiger partial charge in [0.25, 0.3) is 0 Å². The molecule has 1 rings (SSSR count). The van der Waals surface area contributed by atoms with Gasteiger partial charge in [-0.05, 0) is 24.1 Å². The number of ether oxygens (including phenoxy) is 2. The van der Waals surface area contributed by atoms with Crippen LogP contribution in [0, 0.1) is 4.91 Å². The van der Waals surface area contributed by atoms with Gasteiger partial charge in [0.2, 0.25) is 0 Å². The van der Waals surface area contributed by atoms with Crippen LogP contribution in [0.25, 0.3) is 0 Å². The van der Waals surface area contributed by atoms with Gasteiger partial charge in [-0.15, -0.1) is 4.91 Å². The molecule has 7 nitrogen and oxygen atoms in total. The third kappa shape index (κ3) is 6.83. The van der Waals surface area contributed by atoms with Crippen LogP contribution in [0.4, 0.5) is 10.5 Å². The van der Waals surface area contributed by atoms with E-state index in [9.17, 15) is 14.5 Å². The average molecular weight is 308 g/mol. The molecule has 0 aliphatic carbocycles. The topological polar surface area (TPSA) is 94.1 Å². The normalized spacial score (nSPS) is 9.86. The molecule has 7 heteroatoms. The van der Waals surface area contributed by atoms with Crippen LogP contribution < -0.4 is 5.32 Å². The van der Waals surface area contributed by atoms with Gasteiger partial charge in [0.05, 0.1) is 6.61 Å². The highest BCUT2D eigenvalue weighted by Gasteiger charge is 2.06. The van der Waals surface area contributed by atoms with E-state index in [1.165, 1.54) is 0 Å². The zero-order valence-corrected chi connectivity index (χ0v) is 12.5. The van der Waals surface area contributed by atoms with Gasteiger partial charge in [-0.2, -0.15) is 0 Å². The molecule has 1 aromatic carbocycles. The smallest absolute Gasteiger partial charge is 0.407 e. The summed E-state index contributed by atoms with van der Waals surface area (Å²) in [5.41, 5.74) is 0.791. The van der Waals surface area contributed by atoms with Crippen molar-refractivity contribution in [3.63, 3.8) is 0 Å². The Hall–Kier alpha value is -2.44. The van der Waals surface area contributed by atoms with E-state index >= 15 is 0 Å². The van der Waals surface area contributed by atoms with Gasteiger partial charge >= 0.3 is 12.1 Å². The minimum absolute atomic E-state index is 0.0285. The van der Waals surface area contributed by atoms with Gasteiger partial charge in [-0.1, -0.05) is 25.1 Å². The van der Waals surface area contributed by atoms with Gasteiger partial charge < -0.3 is 14.8 Å². The molecule has 0 unspecified atom stereocenters. The molecular formula is C15H20N2O5. The molecule has 22 heavy (non-hydrogen) atoms. The van der Waals surface area contributed by atoms with Crippen molar-refractivity contribution >= 4 is 17.7 Å². The SMILES string of the molecule is CCCC(=O)OCCCNC(=O)OCc1ccccc1N=O. The summed E-state index contributed by atoms with van der Waals surface area (Å²) in [5, 5.41) is 5.39.